The van der Waals surface area contributed by atoms with E-state index in [4.69, 9.17) is 9.47 Å². The SMILES string of the molecule is CCOC(=O)c1c(NC(=O)C(CC)OC(=O)c2ccc3nc(-c4ccc(C)cc4)[nH]c3c2)sc2c1CCCCC2. The van der Waals surface area contributed by atoms with E-state index in [1.54, 1.807) is 32.0 Å². The molecule has 2 aromatic carbocycles. The molecular formula is C31H33N3O5S. The second-order valence-corrected chi connectivity index (χ2v) is 11.1. The van der Waals surface area contributed by atoms with E-state index < -0.39 is 23.9 Å². The van der Waals surface area contributed by atoms with E-state index in [0.29, 0.717) is 27.5 Å². The molecule has 1 unspecified atom stereocenters. The minimum absolute atomic E-state index is 0.249. The number of thiophene rings is 1. The van der Waals surface area contributed by atoms with Crippen LogP contribution in [0.3, 0.4) is 0 Å². The summed E-state index contributed by atoms with van der Waals surface area (Å²) in [6.45, 7) is 5.81. The van der Waals surface area contributed by atoms with Gasteiger partial charge in [-0.2, -0.15) is 0 Å². The van der Waals surface area contributed by atoms with Gasteiger partial charge in [-0.1, -0.05) is 43.2 Å². The number of imidazole rings is 1. The number of carbonyl (C=O) groups excluding carboxylic acids is 3. The fourth-order valence-corrected chi connectivity index (χ4v) is 6.23. The summed E-state index contributed by atoms with van der Waals surface area (Å²) in [4.78, 5) is 48.2. The summed E-state index contributed by atoms with van der Waals surface area (Å²) in [6.07, 6.45) is 4.06. The van der Waals surface area contributed by atoms with Crippen LogP contribution in [0.4, 0.5) is 5.00 Å². The quantitative estimate of drug-likeness (QED) is 0.185. The van der Waals surface area contributed by atoms with Crippen LogP contribution in [0.5, 0.6) is 0 Å². The van der Waals surface area contributed by atoms with Gasteiger partial charge in [-0.3, -0.25) is 4.79 Å². The molecule has 0 aliphatic heterocycles. The predicted molar refractivity (Wildman–Crippen MR) is 156 cm³/mol. The third-order valence-electron chi connectivity index (χ3n) is 7.09. The lowest BCUT2D eigenvalue weighted by atomic mass is 10.1. The molecule has 4 aromatic rings. The van der Waals surface area contributed by atoms with Crippen molar-refractivity contribution in [2.75, 3.05) is 11.9 Å². The molecule has 8 nitrogen and oxygen atoms in total. The van der Waals surface area contributed by atoms with Gasteiger partial charge in [-0.25, -0.2) is 14.6 Å². The first-order valence-electron chi connectivity index (χ1n) is 13.8. The summed E-state index contributed by atoms with van der Waals surface area (Å²) >= 11 is 1.42. The molecular weight excluding hydrogens is 526 g/mol. The number of nitrogens with one attached hydrogen (secondary N) is 2. The molecule has 40 heavy (non-hydrogen) atoms. The molecule has 9 heteroatoms. The summed E-state index contributed by atoms with van der Waals surface area (Å²) in [5.41, 5.74) is 5.24. The number of aromatic amines is 1. The second-order valence-electron chi connectivity index (χ2n) is 9.96. The maximum Gasteiger partial charge on any atom is 0.341 e. The number of carbonyl (C=O) groups is 3. The van der Waals surface area contributed by atoms with Gasteiger partial charge >= 0.3 is 11.9 Å². The fourth-order valence-electron chi connectivity index (χ4n) is 4.95. The van der Waals surface area contributed by atoms with Crippen LogP contribution in [-0.2, 0) is 27.1 Å². The molecule has 208 valence electrons. The third kappa shape index (κ3) is 5.79. The van der Waals surface area contributed by atoms with E-state index in [-0.39, 0.29) is 13.0 Å². The van der Waals surface area contributed by atoms with Gasteiger partial charge in [-0.05, 0) is 69.7 Å². The number of fused-ring (bicyclic) bond motifs is 2. The first kappa shape index (κ1) is 27.6. The Morgan fingerprint density at radius 2 is 1.80 bits per heavy atom. The van der Waals surface area contributed by atoms with Crippen LogP contribution >= 0.6 is 11.3 Å². The van der Waals surface area contributed by atoms with Gasteiger partial charge in [0.15, 0.2) is 6.10 Å². The molecule has 2 aromatic heterocycles. The number of hydrogen-bond donors (Lipinski definition) is 2. The molecule has 2 heterocycles. The number of benzene rings is 2. The molecule has 5 rings (SSSR count). The average molecular weight is 560 g/mol. The van der Waals surface area contributed by atoms with Crippen molar-refractivity contribution < 1.29 is 23.9 Å². The Bertz CT molecular complexity index is 1550. The Hall–Kier alpha value is -3.98. The molecule has 1 aliphatic carbocycles. The number of hydrogen-bond acceptors (Lipinski definition) is 7. The minimum Gasteiger partial charge on any atom is -0.462 e. The normalized spacial score (nSPS) is 13.8. The monoisotopic (exact) mass is 559 g/mol. The van der Waals surface area contributed by atoms with Gasteiger partial charge < -0.3 is 19.8 Å². The smallest absolute Gasteiger partial charge is 0.341 e. The van der Waals surface area contributed by atoms with Crippen LogP contribution in [0.1, 0.15) is 76.3 Å². The Balaban J connectivity index is 1.33. The number of anilines is 1. The fraction of sp³-hybridized carbons (Fsp3) is 0.355. The lowest BCUT2D eigenvalue weighted by Crippen LogP contribution is -2.32. The van der Waals surface area contributed by atoms with E-state index in [1.165, 1.54) is 11.3 Å². The molecule has 1 aliphatic rings. The summed E-state index contributed by atoms with van der Waals surface area (Å²) in [5.74, 6) is -0.803. The summed E-state index contributed by atoms with van der Waals surface area (Å²) in [5, 5.41) is 3.34. The van der Waals surface area contributed by atoms with Crippen molar-refractivity contribution in [3.8, 4) is 11.4 Å². The van der Waals surface area contributed by atoms with Crippen molar-refractivity contribution >= 4 is 45.2 Å². The van der Waals surface area contributed by atoms with E-state index in [9.17, 15) is 14.4 Å². The van der Waals surface area contributed by atoms with Crippen LogP contribution in [0, 0.1) is 6.92 Å². The maximum absolute atomic E-state index is 13.3. The topological polar surface area (TPSA) is 110 Å². The number of amides is 1. The number of rotatable bonds is 8. The maximum atomic E-state index is 13.3. The van der Waals surface area contributed by atoms with Gasteiger partial charge in [-0.15, -0.1) is 11.3 Å². The predicted octanol–water partition coefficient (Wildman–Crippen LogP) is 6.62. The zero-order valence-electron chi connectivity index (χ0n) is 23.0. The highest BCUT2D eigenvalue weighted by atomic mass is 32.1. The molecule has 2 N–H and O–H groups in total. The highest BCUT2D eigenvalue weighted by Gasteiger charge is 2.29. The van der Waals surface area contributed by atoms with Crippen molar-refractivity contribution in [2.45, 2.75) is 65.4 Å². The molecule has 0 bridgehead atoms. The molecule has 0 spiro atoms. The Kier molecular flexibility index (Phi) is 8.30. The summed E-state index contributed by atoms with van der Waals surface area (Å²) in [7, 11) is 0. The van der Waals surface area contributed by atoms with E-state index in [1.807, 2.05) is 31.2 Å². The van der Waals surface area contributed by atoms with Crippen molar-refractivity contribution in [1.29, 1.82) is 0 Å². The van der Waals surface area contributed by atoms with Gasteiger partial charge in [0.1, 0.15) is 10.8 Å². The van der Waals surface area contributed by atoms with Crippen LogP contribution < -0.4 is 5.32 Å². The first-order chi connectivity index (χ1) is 19.4. The van der Waals surface area contributed by atoms with E-state index in [2.05, 4.69) is 15.3 Å². The summed E-state index contributed by atoms with van der Waals surface area (Å²) < 4.78 is 11.0. The highest BCUT2D eigenvalue weighted by Crippen LogP contribution is 2.38. The molecule has 0 saturated carbocycles. The van der Waals surface area contributed by atoms with Gasteiger partial charge in [0.2, 0.25) is 0 Å². The average Bonchev–Trinajstić information content (AvgIpc) is 3.44. The van der Waals surface area contributed by atoms with Crippen molar-refractivity contribution in [3.63, 3.8) is 0 Å². The number of ether oxygens (including phenoxy) is 2. The van der Waals surface area contributed by atoms with Crippen LogP contribution in [0.25, 0.3) is 22.4 Å². The Morgan fingerprint density at radius 3 is 2.55 bits per heavy atom. The Morgan fingerprint density at radius 1 is 1.02 bits per heavy atom. The molecule has 1 amide bonds. The zero-order chi connectivity index (χ0) is 28.2. The number of esters is 2. The van der Waals surface area contributed by atoms with Crippen molar-refractivity contribution in [2.24, 2.45) is 0 Å². The Labute approximate surface area is 237 Å². The van der Waals surface area contributed by atoms with Gasteiger partial charge in [0.05, 0.1) is 28.8 Å². The van der Waals surface area contributed by atoms with Gasteiger partial charge in [0, 0.05) is 10.4 Å². The first-order valence-corrected chi connectivity index (χ1v) is 14.6. The van der Waals surface area contributed by atoms with Crippen LogP contribution in [-0.4, -0.2) is 40.5 Å². The molecule has 0 fully saturated rings. The van der Waals surface area contributed by atoms with Gasteiger partial charge in [0.25, 0.3) is 5.91 Å². The third-order valence-corrected chi connectivity index (χ3v) is 8.30. The minimum atomic E-state index is -1.02. The number of H-pyrrole nitrogens is 1. The van der Waals surface area contributed by atoms with Crippen molar-refractivity contribution in [3.05, 3.63) is 69.6 Å². The standard InChI is InChI=1S/C31H33N3O5S/c1-4-24(28(35)34-29-26(31(37)38-5-2)21-9-7-6-8-10-25(21)40-29)39-30(36)20-15-16-22-23(17-20)33-27(32-22)19-13-11-18(3)12-14-19/h11-17,24H,4-10H2,1-3H3,(H,32,33)(H,34,35). The van der Waals surface area contributed by atoms with E-state index in [0.717, 1.165) is 59.2 Å². The lowest BCUT2D eigenvalue weighted by molar-refractivity contribution is -0.124. The largest absolute Gasteiger partial charge is 0.462 e. The second kappa shape index (κ2) is 12.0. The molecule has 0 radical (unpaired) electrons. The van der Waals surface area contributed by atoms with Crippen LogP contribution in [0.15, 0.2) is 42.5 Å². The van der Waals surface area contributed by atoms with Crippen LogP contribution in [0.2, 0.25) is 0 Å². The lowest BCUT2D eigenvalue weighted by Gasteiger charge is -2.16. The van der Waals surface area contributed by atoms with Crippen molar-refractivity contribution in [1.82, 2.24) is 9.97 Å². The number of nitrogens with zero attached hydrogens (tertiary/aromatic N) is 1. The highest BCUT2D eigenvalue weighted by molar-refractivity contribution is 7.17. The molecule has 0 saturated heterocycles. The van der Waals surface area contributed by atoms with E-state index >= 15 is 0 Å². The summed E-state index contributed by atoms with van der Waals surface area (Å²) in [6, 6.07) is 13.1. The molecule has 1 atom stereocenters. The number of aromatic nitrogens is 2. The zero-order valence-corrected chi connectivity index (χ0v) is 23.8. The number of aryl methyl sites for hydroxylation is 2.